The molecule has 0 aliphatic carbocycles. The van der Waals surface area contributed by atoms with E-state index in [0.717, 1.165) is 52.1 Å². The van der Waals surface area contributed by atoms with Gasteiger partial charge in [-0.1, -0.05) is 12.1 Å². The molecule has 2 aliphatic heterocycles. The molecule has 1 atom stereocenters. The number of nitrogens with one attached hydrogen (secondary N) is 1. The van der Waals surface area contributed by atoms with Crippen molar-refractivity contribution >= 4 is 5.69 Å². The second kappa shape index (κ2) is 6.77. The molecule has 0 saturated carbocycles. The minimum atomic E-state index is 0.277. The molecule has 1 aromatic carbocycles. The average molecular weight is 289 g/mol. The molecule has 4 heteroatoms. The Hall–Kier alpha value is -1.10. The number of benzene rings is 1. The first-order valence-corrected chi connectivity index (χ1v) is 8.19. The zero-order valence-corrected chi connectivity index (χ0v) is 13.0. The monoisotopic (exact) mass is 289 g/mol. The minimum Gasteiger partial charge on any atom is -0.395 e. The Morgan fingerprint density at radius 3 is 2.81 bits per heavy atom. The van der Waals surface area contributed by atoms with Crippen LogP contribution in [0.2, 0.25) is 0 Å². The average Bonchev–Trinajstić information content (AvgIpc) is 2.96. The number of aliphatic hydroxyl groups is 1. The number of hydrogen-bond donors (Lipinski definition) is 2. The molecule has 0 spiro atoms. The lowest BCUT2D eigenvalue weighted by Gasteiger charge is -2.38. The van der Waals surface area contributed by atoms with E-state index in [4.69, 9.17) is 5.11 Å². The smallest absolute Gasteiger partial charge is 0.0558 e. The summed E-state index contributed by atoms with van der Waals surface area (Å²) < 4.78 is 0. The van der Waals surface area contributed by atoms with Gasteiger partial charge in [-0.3, -0.25) is 9.80 Å². The predicted molar refractivity (Wildman–Crippen MR) is 86.9 cm³/mol. The first-order valence-electron chi connectivity index (χ1n) is 8.19. The maximum Gasteiger partial charge on any atom is 0.0558 e. The third-order valence-electron chi connectivity index (χ3n) is 4.86. The molecule has 0 radical (unpaired) electrons. The van der Waals surface area contributed by atoms with Crippen molar-refractivity contribution in [2.75, 3.05) is 51.2 Å². The highest BCUT2D eigenvalue weighted by Gasteiger charge is 2.21. The van der Waals surface area contributed by atoms with Crippen molar-refractivity contribution in [3.63, 3.8) is 0 Å². The number of β-amino-alcohol motifs (C(OH)–C–C–N with tert-alkyl or cyclic N) is 1. The van der Waals surface area contributed by atoms with E-state index < -0.39 is 0 Å². The Morgan fingerprint density at radius 2 is 2.05 bits per heavy atom. The van der Waals surface area contributed by atoms with Crippen LogP contribution < -0.4 is 5.32 Å². The quantitative estimate of drug-likeness (QED) is 0.854. The van der Waals surface area contributed by atoms with Crippen LogP contribution in [0.5, 0.6) is 0 Å². The molecular weight excluding hydrogens is 262 g/mol. The third-order valence-corrected chi connectivity index (χ3v) is 4.86. The molecule has 2 N–H and O–H groups in total. The first-order chi connectivity index (χ1) is 10.3. The van der Waals surface area contributed by atoms with Crippen LogP contribution in [-0.4, -0.2) is 66.8 Å². The van der Waals surface area contributed by atoms with Crippen LogP contribution in [0, 0.1) is 0 Å². The second-order valence-corrected chi connectivity index (χ2v) is 6.32. The highest BCUT2D eigenvalue weighted by molar-refractivity contribution is 5.56. The highest BCUT2D eigenvalue weighted by atomic mass is 16.3. The topological polar surface area (TPSA) is 38.7 Å². The van der Waals surface area contributed by atoms with Crippen LogP contribution >= 0.6 is 0 Å². The summed E-state index contributed by atoms with van der Waals surface area (Å²) in [6.07, 6.45) is 2.30. The van der Waals surface area contributed by atoms with Gasteiger partial charge in [-0.15, -0.1) is 0 Å². The molecule has 21 heavy (non-hydrogen) atoms. The Bertz CT molecular complexity index is 469. The summed E-state index contributed by atoms with van der Waals surface area (Å²) in [6.45, 7) is 8.92. The molecule has 4 nitrogen and oxygen atoms in total. The second-order valence-electron chi connectivity index (χ2n) is 6.32. The van der Waals surface area contributed by atoms with Gasteiger partial charge in [0.15, 0.2) is 0 Å². The Morgan fingerprint density at radius 1 is 1.24 bits per heavy atom. The molecule has 1 aromatic rings. The van der Waals surface area contributed by atoms with Gasteiger partial charge in [0.05, 0.1) is 6.61 Å². The van der Waals surface area contributed by atoms with Gasteiger partial charge in [-0.25, -0.2) is 0 Å². The summed E-state index contributed by atoms with van der Waals surface area (Å²) in [5.74, 6) is 0. The van der Waals surface area contributed by atoms with Crippen molar-refractivity contribution in [1.29, 1.82) is 0 Å². The van der Waals surface area contributed by atoms with E-state index in [1.165, 1.54) is 16.8 Å². The van der Waals surface area contributed by atoms with Gasteiger partial charge in [0.25, 0.3) is 0 Å². The molecule has 0 aromatic heterocycles. The van der Waals surface area contributed by atoms with E-state index >= 15 is 0 Å². The minimum absolute atomic E-state index is 0.277. The zero-order valence-electron chi connectivity index (χ0n) is 13.0. The molecule has 2 aliphatic rings. The van der Waals surface area contributed by atoms with E-state index in [9.17, 15) is 0 Å². The normalized spacial score (nSPS) is 21.0. The molecular formula is C17H27N3O. The van der Waals surface area contributed by atoms with Gasteiger partial charge in [0.2, 0.25) is 0 Å². The molecule has 0 amide bonds. The molecule has 1 unspecified atom stereocenters. The van der Waals surface area contributed by atoms with E-state index in [1.807, 2.05) is 0 Å². The van der Waals surface area contributed by atoms with Crippen molar-refractivity contribution in [1.82, 2.24) is 9.80 Å². The van der Waals surface area contributed by atoms with Crippen molar-refractivity contribution < 1.29 is 5.11 Å². The van der Waals surface area contributed by atoms with Crippen molar-refractivity contribution in [3.05, 3.63) is 29.3 Å². The summed E-state index contributed by atoms with van der Waals surface area (Å²) in [6, 6.07) is 7.49. The van der Waals surface area contributed by atoms with Crippen molar-refractivity contribution in [2.24, 2.45) is 0 Å². The van der Waals surface area contributed by atoms with Crippen LogP contribution in [0.3, 0.4) is 0 Å². The lowest BCUT2D eigenvalue weighted by atomic mass is 10.0. The Labute approximate surface area is 127 Å². The van der Waals surface area contributed by atoms with Crippen LogP contribution in [0.1, 0.15) is 18.1 Å². The van der Waals surface area contributed by atoms with Gasteiger partial charge >= 0.3 is 0 Å². The van der Waals surface area contributed by atoms with Crippen molar-refractivity contribution in [3.8, 4) is 0 Å². The molecule has 116 valence electrons. The molecule has 1 fully saturated rings. The number of anilines is 1. The number of rotatable bonds is 5. The van der Waals surface area contributed by atoms with E-state index in [1.54, 1.807) is 0 Å². The number of aliphatic hydroxyl groups excluding tert-OH is 1. The summed E-state index contributed by atoms with van der Waals surface area (Å²) in [4.78, 5) is 4.93. The van der Waals surface area contributed by atoms with Gasteiger partial charge in [0.1, 0.15) is 0 Å². The maximum absolute atomic E-state index is 9.00. The summed E-state index contributed by atoms with van der Waals surface area (Å²) >= 11 is 0. The molecule has 2 heterocycles. The number of hydrogen-bond acceptors (Lipinski definition) is 4. The fourth-order valence-corrected chi connectivity index (χ4v) is 3.52. The third kappa shape index (κ3) is 3.57. The largest absolute Gasteiger partial charge is 0.395 e. The summed E-state index contributed by atoms with van der Waals surface area (Å²) in [5, 5.41) is 12.4. The Balaban J connectivity index is 1.53. The number of piperazine rings is 1. The van der Waals surface area contributed by atoms with Gasteiger partial charge in [-0.05, 0) is 37.0 Å². The standard InChI is InChI=1S/C17H27N3O/c1-14(20-8-6-19(7-9-20)10-11-21)12-15-2-3-17-16(13-15)4-5-18-17/h2-3,13-14,18,21H,4-12H2,1H3. The zero-order chi connectivity index (χ0) is 14.7. The van der Waals surface area contributed by atoms with Crippen LogP contribution in [0.4, 0.5) is 5.69 Å². The molecule has 3 rings (SSSR count). The molecule has 0 bridgehead atoms. The van der Waals surface area contributed by atoms with Crippen LogP contribution in [0.25, 0.3) is 0 Å². The lowest BCUT2D eigenvalue weighted by molar-refractivity contribution is 0.0888. The number of nitrogens with zero attached hydrogens (tertiary/aromatic N) is 2. The van der Waals surface area contributed by atoms with E-state index in [0.29, 0.717) is 6.04 Å². The van der Waals surface area contributed by atoms with E-state index in [-0.39, 0.29) is 6.61 Å². The molecule has 1 saturated heterocycles. The Kier molecular flexibility index (Phi) is 4.78. The summed E-state index contributed by atoms with van der Waals surface area (Å²) in [7, 11) is 0. The van der Waals surface area contributed by atoms with Gasteiger partial charge in [-0.2, -0.15) is 0 Å². The SMILES string of the molecule is CC(Cc1ccc2c(c1)CCN2)N1CCN(CCO)CC1. The van der Waals surface area contributed by atoms with Crippen LogP contribution in [0.15, 0.2) is 18.2 Å². The first kappa shape index (κ1) is 14.8. The van der Waals surface area contributed by atoms with Gasteiger partial charge in [0, 0.05) is 51.0 Å². The maximum atomic E-state index is 9.00. The number of fused-ring (bicyclic) bond motifs is 1. The van der Waals surface area contributed by atoms with Crippen molar-refractivity contribution in [2.45, 2.75) is 25.8 Å². The van der Waals surface area contributed by atoms with E-state index in [2.05, 4.69) is 40.2 Å². The highest BCUT2D eigenvalue weighted by Crippen LogP contribution is 2.24. The fraction of sp³-hybridized carbons (Fsp3) is 0.647. The summed E-state index contributed by atoms with van der Waals surface area (Å²) in [5.41, 5.74) is 4.26. The van der Waals surface area contributed by atoms with Gasteiger partial charge < -0.3 is 10.4 Å². The predicted octanol–water partition coefficient (Wildman–Crippen LogP) is 1.20. The fourth-order valence-electron chi connectivity index (χ4n) is 3.52. The van der Waals surface area contributed by atoms with Crippen LogP contribution in [-0.2, 0) is 12.8 Å². The lowest BCUT2D eigenvalue weighted by Crippen LogP contribution is -2.50.